The van der Waals surface area contributed by atoms with Crippen LogP contribution in [0.2, 0.25) is 0 Å². The molecule has 2 aromatic rings. The lowest BCUT2D eigenvalue weighted by atomic mass is 10.3. The van der Waals surface area contributed by atoms with Gasteiger partial charge in [-0.15, -0.1) is 0 Å². The van der Waals surface area contributed by atoms with Crippen LogP contribution < -0.4 is 5.32 Å². The van der Waals surface area contributed by atoms with Gasteiger partial charge in [0.1, 0.15) is 11.3 Å². The number of nitrogens with zero attached hydrogens (tertiary/aromatic N) is 4. The highest BCUT2D eigenvalue weighted by molar-refractivity contribution is 5.71. The molecule has 96 valence electrons. The molecule has 0 unspecified atom stereocenters. The lowest BCUT2D eigenvalue weighted by molar-refractivity contribution is 0.396. The van der Waals surface area contributed by atoms with Gasteiger partial charge in [0.15, 0.2) is 5.65 Å². The first-order valence-electron chi connectivity index (χ1n) is 6.22. The summed E-state index contributed by atoms with van der Waals surface area (Å²) in [5.41, 5.74) is 1.52. The van der Waals surface area contributed by atoms with Gasteiger partial charge in [0.05, 0.1) is 0 Å². The van der Waals surface area contributed by atoms with Gasteiger partial charge in [0.25, 0.3) is 0 Å². The van der Waals surface area contributed by atoms with Gasteiger partial charge < -0.3 is 10.2 Å². The van der Waals surface area contributed by atoms with E-state index >= 15 is 0 Å². The minimum atomic E-state index is 0.691. The van der Waals surface area contributed by atoms with E-state index in [0.29, 0.717) is 5.65 Å². The van der Waals surface area contributed by atoms with E-state index < -0.39 is 0 Å². The molecule has 5 heteroatoms. The summed E-state index contributed by atoms with van der Waals surface area (Å²) >= 11 is 0. The lowest BCUT2D eigenvalue weighted by Crippen LogP contribution is -2.14. The topological polar surface area (TPSA) is 53.9 Å². The van der Waals surface area contributed by atoms with Crippen molar-refractivity contribution in [2.24, 2.45) is 0 Å². The van der Waals surface area contributed by atoms with Crippen molar-refractivity contribution in [3.8, 4) is 0 Å². The highest BCUT2D eigenvalue weighted by Crippen LogP contribution is 2.10. The van der Waals surface area contributed by atoms with Gasteiger partial charge in [-0.1, -0.05) is 0 Å². The largest absolute Gasteiger partial charge is 0.370 e. The summed E-state index contributed by atoms with van der Waals surface area (Å²) in [4.78, 5) is 15.0. The smallest absolute Gasteiger partial charge is 0.180 e. The second-order valence-electron chi connectivity index (χ2n) is 4.53. The molecule has 0 amide bonds. The molecule has 2 aromatic heterocycles. The molecule has 0 spiro atoms. The molecule has 0 atom stereocenters. The third-order valence-corrected chi connectivity index (χ3v) is 2.67. The highest BCUT2D eigenvalue weighted by atomic mass is 15.0. The Bertz CT molecular complexity index is 497. The monoisotopic (exact) mass is 245 g/mol. The minimum Gasteiger partial charge on any atom is -0.370 e. The Hall–Kier alpha value is -1.75. The van der Waals surface area contributed by atoms with Crippen LogP contribution in [0.3, 0.4) is 0 Å². The van der Waals surface area contributed by atoms with Gasteiger partial charge >= 0.3 is 0 Å². The molecular formula is C13H19N5. The molecule has 18 heavy (non-hydrogen) atoms. The Labute approximate surface area is 107 Å². The van der Waals surface area contributed by atoms with Crippen molar-refractivity contribution in [1.29, 1.82) is 0 Å². The SMILES string of the molecule is CN(C)CCCCNc1ccc2nccnc2n1. The minimum absolute atomic E-state index is 0.691. The maximum absolute atomic E-state index is 4.41. The van der Waals surface area contributed by atoms with Crippen LogP contribution >= 0.6 is 0 Å². The zero-order valence-corrected chi connectivity index (χ0v) is 10.9. The number of hydrogen-bond donors (Lipinski definition) is 1. The number of fused-ring (bicyclic) bond motifs is 1. The van der Waals surface area contributed by atoms with Crippen LogP contribution in [0.5, 0.6) is 0 Å². The van der Waals surface area contributed by atoms with Crippen molar-refractivity contribution in [2.75, 3.05) is 32.5 Å². The molecule has 2 rings (SSSR count). The van der Waals surface area contributed by atoms with E-state index in [1.807, 2.05) is 12.1 Å². The van der Waals surface area contributed by atoms with E-state index in [0.717, 1.165) is 30.8 Å². The van der Waals surface area contributed by atoms with Crippen LogP contribution in [-0.4, -0.2) is 47.0 Å². The molecule has 0 fully saturated rings. The fraction of sp³-hybridized carbons (Fsp3) is 0.462. The van der Waals surface area contributed by atoms with Crippen molar-refractivity contribution in [3.05, 3.63) is 24.5 Å². The van der Waals surface area contributed by atoms with Crippen molar-refractivity contribution in [1.82, 2.24) is 19.9 Å². The number of hydrogen-bond acceptors (Lipinski definition) is 5. The molecule has 2 heterocycles. The Kier molecular flexibility index (Phi) is 4.41. The average molecular weight is 245 g/mol. The van der Waals surface area contributed by atoms with Gasteiger partial charge in [-0.2, -0.15) is 0 Å². The molecule has 5 nitrogen and oxygen atoms in total. The van der Waals surface area contributed by atoms with E-state index in [-0.39, 0.29) is 0 Å². The van der Waals surface area contributed by atoms with Crippen LogP contribution in [0.1, 0.15) is 12.8 Å². The number of pyridine rings is 1. The number of unbranched alkanes of at least 4 members (excludes halogenated alkanes) is 1. The Balaban J connectivity index is 1.84. The second kappa shape index (κ2) is 6.26. The number of anilines is 1. The molecule has 0 saturated heterocycles. The first-order chi connectivity index (χ1) is 8.75. The van der Waals surface area contributed by atoms with Crippen molar-refractivity contribution < 1.29 is 0 Å². The van der Waals surface area contributed by atoms with Gasteiger partial charge in [-0.25, -0.2) is 9.97 Å². The quantitative estimate of drug-likeness (QED) is 0.786. The summed E-state index contributed by atoms with van der Waals surface area (Å²) in [6, 6.07) is 3.89. The van der Waals surface area contributed by atoms with Crippen LogP contribution in [0.15, 0.2) is 24.5 Å². The summed E-state index contributed by atoms with van der Waals surface area (Å²) in [7, 11) is 4.19. The van der Waals surface area contributed by atoms with Crippen molar-refractivity contribution in [2.45, 2.75) is 12.8 Å². The van der Waals surface area contributed by atoms with Crippen LogP contribution in [0, 0.1) is 0 Å². The maximum atomic E-state index is 4.41. The third kappa shape index (κ3) is 3.63. The number of nitrogens with one attached hydrogen (secondary N) is 1. The van der Waals surface area contributed by atoms with E-state index in [1.54, 1.807) is 12.4 Å². The molecule has 0 bridgehead atoms. The summed E-state index contributed by atoms with van der Waals surface area (Å²) in [5, 5.41) is 3.31. The van der Waals surface area contributed by atoms with Gasteiger partial charge in [0, 0.05) is 18.9 Å². The predicted octanol–water partition coefficient (Wildman–Crippen LogP) is 1.78. The summed E-state index contributed by atoms with van der Waals surface area (Å²) in [6.45, 7) is 2.06. The predicted molar refractivity (Wildman–Crippen MR) is 73.6 cm³/mol. The summed E-state index contributed by atoms with van der Waals surface area (Å²) in [6.07, 6.45) is 5.67. The highest BCUT2D eigenvalue weighted by Gasteiger charge is 1.99. The van der Waals surface area contributed by atoms with Gasteiger partial charge in [-0.3, -0.25) is 4.98 Å². The Morgan fingerprint density at radius 3 is 2.78 bits per heavy atom. The molecular weight excluding hydrogens is 226 g/mol. The van der Waals surface area contributed by atoms with Gasteiger partial charge in [0.2, 0.25) is 0 Å². The van der Waals surface area contributed by atoms with E-state index in [4.69, 9.17) is 0 Å². The molecule has 0 radical (unpaired) electrons. The van der Waals surface area contributed by atoms with Crippen LogP contribution in [-0.2, 0) is 0 Å². The maximum Gasteiger partial charge on any atom is 0.180 e. The second-order valence-corrected chi connectivity index (χ2v) is 4.53. The van der Waals surface area contributed by atoms with E-state index in [9.17, 15) is 0 Å². The molecule has 1 N–H and O–H groups in total. The van der Waals surface area contributed by atoms with Crippen molar-refractivity contribution >= 4 is 17.0 Å². The third-order valence-electron chi connectivity index (χ3n) is 2.67. The molecule has 0 aliphatic rings. The molecule has 0 aliphatic heterocycles. The molecule has 0 saturated carbocycles. The summed E-state index contributed by atoms with van der Waals surface area (Å²) in [5.74, 6) is 0.868. The molecule has 0 aliphatic carbocycles. The fourth-order valence-electron chi connectivity index (χ4n) is 1.72. The Morgan fingerprint density at radius 2 is 1.94 bits per heavy atom. The zero-order chi connectivity index (χ0) is 12.8. The average Bonchev–Trinajstić information content (AvgIpc) is 2.38. The molecule has 0 aromatic carbocycles. The number of aromatic nitrogens is 3. The normalized spacial score (nSPS) is 11.1. The number of rotatable bonds is 6. The summed E-state index contributed by atoms with van der Waals surface area (Å²) < 4.78 is 0. The van der Waals surface area contributed by atoms with Crippen LogP contribution in [0.25, 0.3) is 11.2 Å². The lowest BCUT2D eigenvalue weighted by Gasteiger charge is -2.09. The van der Waals surface area contributed by atoms with E-state index in [1.165, 1.54) is 6.42 Å². The van der Waals surface area contributed by atoms with E-state index in [2.05, 4.69) is 39.3 Å². The first kappa shape index (κ1) is 12.7. The van der Waals surface area contributed by atoms with Crippen LogP contribution in [0.4, 0.5) is 5.82 Å². The van der Waals surface area contributed by atoms with Gasteiger partial charge in [-0.05, 0) is 45.6 Å². The standard InChI is InChI=1S/C13H19N5/c1-18(2)10-4-3-7-15-12-6-5-11-13(17-12)16-9-8-14-11/h5-6,8-9H,3-4,7,10H2,1-2H3,(H,15,16,17). The first-order valence-corrected chi connectivity index (χ1v) is 6.22. The Morgan fingerprint density at radius 1 is 1.11 bits per heavy atom. The fourth-order valence-corrected chi connectivity index (χ4v) is 1.72. The van der Waals surface area contributed by atoms with Crippen molar-refractivity contribution in [3.63, 3.8) is 0 Å². The zero-order valence-electron chi connectivity index (χ0n) is 10.9.